The van der Waals surface area contributed by atoms with Crippen molar-refractivity contribution in [3.8, 4) is 0 Å². The number of carbonyl (C=O) groups is 1. The molecule has 0 unspecified atom stereocenters. The minimum absolute atomic E-state index is 0.0655. The van der Waals surface area contributed by atoms with Gasteiger partial charge in [0.1, 0.15) is 0 Å². The molecule has 0 aromatic carbocycles. The third-order valence-electron chi connectivity index (χ3n) is 2.43. The van der Waals surface area contributed by atoms with Crippen molar-refractivity contribution in [3.63, 3.8) is 0 Å². The standard InChI is InChI=1S/C10H19NO2/c1-9(2,3)11-7-10(5-6-10)8(12)13-4/h11H,5-7H2,1-4H3. The highest BCUT2D eigenvalue weighted by Crippen LogP contribution is 2.46. The van der Waals surface area contributed by atoms with Crippen molar-refractivity contribution >= 4 is 5.97 Å². The lowest BCUT2D eigenvalue weighted by Gasteiger charge is -2.23. The molecule has 0 heterocycles. The average Bonchev–Trinajstić information content (AvgIpc) is 2.79. The molecule has 1 rings (SSSR count). The van der Waals surface area contributed by atoms with E-state index in [2.05, 4.69) is 26.1 Å². The molecule has 1 N–H and O–H groups in total. The van der Waals surface area contributed by atoms with Crippen molar-refractivity contribution in [1.82, 2.24) is 5.32 Å². The van der Waals surface area contributed by atoms with E-state index in [1.807, 2.05) is 0 Å². The van der Waals surface area contributed by atoms with Crippen molar-refractivity contribution < 1.29 is 9.53 Å². The maximum absolute atomic E-state index is 11.4. The zero-order chi connectivity index (χ0) is 10.1. The summed E-state index contributed by atoms with van der Waals surface area (Å²) in [6, 6.07) is 0. The first-order valence-electron chi connectivity index (χ1n) is 4.73. The van der Waals surface area contributed by atoms with Crippen LogP contribution in [0, 0.1) is 5.41 Å². The van der Waals surface area contributed by atoms with Crippen LogP contribution in [0.15, 0.2) is 0 Å². The second-order valence-corrected chi connectivity index (χ2v) is 4.88. The van der Waals surface area contributed by atoms with Gasteiger partial charge in [0.05, 0.1) is 12.5 Å². The van der Waals surface area contributed by atoms with Gasteiger partial charge in [-0.05, 0) is 33.6 Å². The predicted octanol–water partition coefficient (Wildman–Crippen LogP) is 1.33. The number of nitrogens with one attached hydrogen (secondary N) is 1. The highest BCUT2D eigenvalue weighted by atomic mass is 16.5. The zero-order valence-corrected chi connectivity index (χ0v) is 8.94. The molecule has 1 saturated carbocycles. The predicted molar refractivity (Wildman–Crippen MR) is 51.4 cm³/mol. The van der Waals surface area contributed by atoms with Crippen LogP contribution in [-0.2, 0) is 9.53 Å². The second kappa shape index (κ2) is 3.29. The van der Waals surface area contributed by atoms with E-state index >= 15 is 0 Å². The van der Waals surface area contributed by atoms with Gasteiger partial charge in [0.2, 0.25) is 0 Å². The Hall–Kier alpha value is -0.570. The Balaban J connectivity index is 2.41. The summed E-state index contributed by atoms with van der Waals surface area (Å²) in [6.07, 6.45) is 1.92. The van der Waals surface area contributed by atoms with Crippen molar-refractivity contribution in [3.05, 3.63) is 0 Å². The summed E-state index contributed by atoms with van der Waals surface area (Å²) >= 11 is 0. The first-order valence-corrected chi connectivity index (χ1v) is 4.73. The minimum Gasteiger partial charge on any atom is -0.469 e. The van der Waals surface area contributed by atoms with E-state index in [1.165, 1.54) is 7.11 Å². The molecule has 0 aromatic rings. The van der Waals surface area contributed by atoms with Crippen LogP contribution >= 0.6 is 0 Å². The van der Waals surface area contributed by atoms with Gasteiger partial charge in [0.25, 0.3) is 0 Å². The highest BCUT2D eigenvalue weighted by molar-refractivity contribution is 5.80. The van der Waals surface area contributed by atoms with Gasteiger partial charge < -0.3 is 10.1 Å². The van der Waals surface area contributed by atoms with Crippen LogP contribution in [0.4, 0.5) is 0 Å². The number of methoxy groups -OCH3 is 1. The molecule has 1 fully saturated rings. The van der Waals surface area contributed by atoms with Gasteiger partial charge >= 0.3 is 5.97 Å². The Bertz CT molecular complexity index is 201. The lowest BCUT2D eigenvalue weighted by molar-refractivity contribution is -0.147. The zero-order valence-electron chi connectivity index (χ0n) is 8.94. The Kier molecular flexibility index (Phi) is 2.66. The fraction of sp³-hybridized carbons (Fsp3) is 0.900. The van der Waals surface area contributed by atoms with Gasteiger partial charge in [-0.15, -0.1) is 0 Å². The van der Waals surface area contributed by atoms with E-state index in [4.69, 9.17) is 4.74 Å². The average molecular weight is 185 g/mol. The molecule has 0 bridgehead atoms. The first-order chi connectivity index (χ1) is 5.90. The van der Waals surface area contributed by atoms with Crippen LogP contribution in [0.3, 0.4) is 0 Å². The van der Waals surface area contributed by atoms with Crippen LogP contribution in [0.25, 0.3) is 0 Å². The molecule has 0 amide bonds. The maximum Gasteiger partial charge on any atom is 0.313 e. The van der Waals surface area contributed by atoms with Crippen LogP contribution in [0.2, 0.25) is 0 Å². The molecular formula is C10H19NO2. The molecule has 0 aliphatic heterocycles. The largest absolute Gasteiger partial charge is 0.469 e. The maximum atomic E-state index is 11.4. The second-order valence-electron chi connectivity index (χ2n) is 4.88. The van der Waals surface area contributed by atoms with E-state index in [0.29, 0.717) is 0 Å². The molecule has 3 nitrogen and oxygen atoms in total. The Morgan fingerprint density at radius 3 is 2.31 bits per heavy atom. The lowest BCUT2D eigenvalue weighted by atomic mass is 10.0. The van der Waals surface area contributed by atoms with Crippen molar-refractivity contribution in [2.75, 3.05) is 13.7 Å². The topological polar surface area (TPSA) is 38.3 Å². The monoisotopic (exact) mass is 185 g/mol. The number of rotatable bonds is 3. The number of carbonyl (C=O) groups excluding carboxylic acids is 1. The third-order valence-corrected chi connectivity index (χ3v) is 2.43. The van der Waals surface area contributed by atoms with Gasteiger partial charge in [0.15, 0.2) is 0 Å². The molecule has 0 saturated heterocycles. The molecule has 0 radical (unpaired) electrons. The number of ether oxygens (including phenoxy) is 1. The van der Waals surface area contributed by atoms with E-state index < -0.39 is 0 Å². The smallest absolute Gasteiger partial charge is 0.313 e. The number of hydrogen-bond acceptors (Lipinski definition) is 3. The summed E-state index contributed by atoms with van der Waals surface area (Å²) in [4.78, 5) is 11.4. The molecule has 0 spiro atoms. The molecule has 1 aliphatic carbocycles. The fourth-order valence-electron chi connectivity index (χ4n) is 1.25. The van der Waals surface area contributed by atoms with Crippen LogP contribution in [-0.4, -0.2) is 25.2 Å². The number of esters is 1. The summed E-state index contributed by atoms with van der Waals surface area (Å²) < 4.78 is 4.76. The molecule has 76 valence electrons. The van der Waals surface area contributed by atoms with Crippen molar-refractivity contribution in [2.45, 2.75) is 39.2 Å². The molecule has 3 heteroatoms. The molecular weight excluding hydrogens is 166 g/mol. The normalized spacial score (nSPS) is 19.7. The van der Waals surface area contributed by atoms with Gasteiger partial charge in [-0.1, -0.05) is 0 Å². The Labute approximate surface area is 79.8 Å². The van der Waals surface area contributed by atoms with Crippen molar-refractivity contribution in [2.24, 2.45) is 5.41 Å². The first kappa shape index (κ1) is 10.5. The highest BCUT2D eigenvalue weighted by Gasteiger charge is 2.51. The van der Waals surface area contributed by atoms with E-state index in [9.17, 15) is 4.79 Å². The van der Waals surface area contributed by atoms with E-state index in [-0.39, 0.29) is 16.9 Å². The summed E-state index contributed by atoms with van der Waals surface area (Å²) in [5.41, 5.74) is -0.133. The molecule has 0 atom stereocenters. The summed E-state index contributed by atoms with van der Waals surface area (Å²) in [6.45, 7) is 7.03. The summed E-state index contributed by atoms with van der Waals surface area (Å²) in [7, 11) is 1.46. The summed E-state index contributed by atoms with van der Waals surface area (Å²) in [5.74, 6) is -0.0655. The van der Waals surface area contributed by atoms with E-state index in [1.54, 1.807) is 0 Å². The lowest BCUT2D eigenvalue weighted by Crippen LogP contribution is -2.42. The Morgan fingerprint density at radius 1 is 1.46 bits per heavy atom. The van der Waals surface area contributed by atoms with Gasteiger partial charge in [0, 0.05) is 12.1 Å². The SMILES string of the molecule is COC(=O)C1(CNC(C)(C)C)CC1. The fourth-order valence-corrected chi connectivity index (χ4v) is 1.25. The Morgan fingerprint density at radius 2 is 2.00 bits per heavy atom. The van der Waals surface area contributed by atoms with Crippen LogP contribution in [0.5, 0.6) is 0 Å². The van der Waals surface area contributed by atoms with Crippen molar-refractivity contribution in [1.29, 1.82) is 0 Å². The number of hydrogen-bond donors (Lipinski definition) is 1. The third kappa shape index (κ3) is 2.69. The quantitative estimate of drug-likeness (QED) is 0.674. The van der Waals surface area contributed by atoms with Crippen LogP contribution < -0.4 is 5.32 Å². The van der Waals surface area contributed by atoms with Gasteiger partial charge in [-0.3, -0.25) is 4.79 Å². The molecule has 13 heavy (non-hydrogen) atoms. The minimum atomic E-state index is -0.206. The van der Waals surface area contributed by atoms with Gasteiger partial charge in [-0.25, -0.2) is 0 Å². The molecule has 1 aliphatic rings. The molecule has 0 aromatic heterocycles. The van der Waals surface area contributed by atoms with Gasteiger partial charge in [-0.2, -0.15) is 0 Å². The summed E-state index contributed by atoms with van der Waals surface area (Å²) in [5, 5.41) is 3.34. The van der Waals surface area contributed by atoms with E-state index in [0.717, 1.165) is 19.4 Å². The van der Waals surface area contributed by atoms with Crippen LogP contribution in [0.1, 0.15) is 33.6 Å².